The quantitative estimate of drug-likeness (QED) is 0.286. The molecule has 0 spiro atoms. The van der Waals surface area contributed by atoms with E-state index in [1.54, 1.807) is 12.4 Å². The van der Waals surface area contributed by atoms with Gasteiger partial charge in [-0.25, -0.2) is 4.99 Å². The molecule has 31 heavy (non-hydrogen) atoms. The number of morpholine rings is 1. The second-order valence-corrected chi connectivity index (χ2v) is 7.27. The Morgan fingerprint density at radius 1 is 1.06 bits per heavy atom. The van der Waals surface area contributed by atoms with E-state index in [4.69, 9.17) is 22.4 Å². The Labute approximate surface area is 185 Å². The number of amidine groups is 2. The molecule has 3 aromatic rings. The van der Waals surface area contributed by atoms with E-state index < -0.39 is 0 Å². The molecule has 1 aromatic carbocycles. The highest BCUT2D eigenvalue weighted by atomic mass is 32.1. The lowest BCUT2D eigenvalue weighted by molar-refractivity contribution is 0.0682. The van der Waals surface area contributed by atoms with Gasteiger partial charge in [0.2, 0.25) is 0 Å². The van der Waals surface area contributed by atoms with Gasteiger partial charge in [0, 0.05) is 36.7 Å². The monoisotopic (exact) mass is 433 g/mol. The van der Waals surface area contributed by atoms with Gasteiger partial charge in [0.25, 0.3) is 0 Å². The van der Waals surface area contributed by atoms with Crippen LogP contribution < -0.4 is 10.6 Å². The first-order valence-corrected chi connectivity index (χ1v) is 10.3. The van der Waals surface area contributed by atoms with E-state index in [2.05, 4.69) is 30.5 Å². The lowest BCUT2D eigenvalue weighted by Crippen LogP contribution is -2.41. The number of thiocarbonyl (C=S) groups is 1. The molecule has 158 valence electrons. The first kappa shape index (κ1) is 20.7. The highest BCUT2D eigenvalue weighted by molar-refractivity contribution is 7.80. The fourth-order valence-corrected chi connectivity index (χ4v) is 3.39. The van der Waals surface area contributed by atoms with Gasteiger partial charge in [-0.1, -0.05) is 0 Å². The second kappa shape index (κ2) is 9.96. The van der Waals surface area contributed by atoms with Crippen LogP contribution in [-0.2, 0) is 4.74 Å². The largest absolute Gasteiger partial charge is 0.378 e. The molecular weight excluding hydrogens is 410 g/mol. The van der Waals surface area contributed by atoms with Crippen LogP contribution in [-0.4, -0.2) is 58.0 Å². The SMILES string of the molecule is N=C(/N=C(\c1ccc[nH]1)N1CCOCC1)c1ccc(NC(=S)Nc2cccnc2)cc1. The summed E-state index contributed by atoms with van der Waals surface area (Å²) in [5.74, 6) is 0.945. The van der Waals surface area contributed by atoms with Crippen LogP contribution in [0.2, 0.25) is 0 Å². The average molecular weight is 434 g/mol. The molecule has 0 bridgehead atoms. The third-order valence-corrected chi connectivity index (χ3v) is 4.91. The zero-order valence-corrected chi connectivity index (χ0v) is 17.7. The molecule has 3 heterocycles. The van der Waals surface area contributed by atoms with Crippen LogP contribution in [0.3, 0.4) is 0 Å². The van der Waals surface area contributed by atoms with Crippen molar-refractivity contribution in [2.45, 2.75) is 0 Å². The van der Waals surface area contributed by atoms with Crippen molar-refractivity contribution < 1.29 is 4.74 Å². The van der Waals surface area contributed by atoms with Crippen molar-refractivity contribution in [1.29, 1.82) is 5.41 Å². The number of anilines is 2. The van der Waals surface area contributed by atoms with Gasteiger partial charge in [0.1, 0.15) is 0 Å². The number of H-pyrrole nitrogens is 1. The van der Waals surface area contributed by atoms with Crippen LogP contribution in [0.4, 0.5) is 11.4 Å². The number of aromatic nitrogens is 2. The zero-order valence-electron chi connectivity index (χ0n) is 16.8. The minimum Gasteiger partial charge on any atom is -0.378 e. The van der Waals surface area contributed by atoms with Gasteiger partial charge in [0.05, 0.1) is 30.8 Å². The topological polar surface area (TPSA) is 101 Å². The molecule has 4 N–H and O–H groups in total. The summed E-state index contributed by atoms with van der Waals surface area (Å²) in [6.07, 6.45) is 5.27. The maximum atomic E-state index is 8.52. The molecule has 1 aliphatic heterocycles. The molecule has 2 aromatic heterocycles. The molecule has 0 radical (unpaired) electrons. The third kappa shape index (κ3) is 5.53. The van der Waals surface area contributed by atoms with Crippen molar-refractivity contribution in [3.05, 3.63) is 78.4 Å². The van der Waals surface area contributed by atoms with Crippen LogP contribution in [0.1, 0.15) is 11.3 Å². The molecule has 1 fully saturated rings. The highest BCUT2D eigenvalue weighted by Crippen LogP contribution is 2.14. The lowest BCUT2D eigenvalue weighted by atomic mass is 10.2. The molecule has 9 heteroatoms. The van der Waals surface area contributed by atoms with Crippen LogP contribution in [0.25, 0.3) is 0 Å². The number of rotatable bonds is 4. The predicted octanol–water partition coefficient (Wildman–Crippen LogP) is 3.32. The number of ether oxygens (including phenoxy) is 1. The van der Waals surface area contributed by atoms with Gasteiger partial charge < -0.3 is 25.3 Å². The van der Waals surface area contributed by atoms with Crippen LogP contribution in [0.5, 0.6) is 0 Å². The molecule has 8 nitrogen and oxygen atoms in total. The summed E-state index contributed by atoms with van der Waals surface area (Å²) in [7, 11) is 0. The van der Waals surface area contributed by atoms with Gasteiger partial charge in [0.15, 0.2) is 16.8 Å². The standard InChI is InChI=1S/C22H23N7OS/c23-20(28-21(19-4-2-10-25-19)29-11-13-30-14-12-29)16-5-7-17(8-6-16)26-22(31)27-18-3-1-9-24-15-18/h1-10,15,23,25H,11-14H2,(H2,26,27,31)/b23-20?,28-21+. The van der Waals surface area contributed by atoms with Crippen molar-refractivity contribution in [3.63, 3.8) is 0 Å². The van der Waals surface area contributed by atoms with E-state index in [9.17, 15) is 0 Å². The number of nitrogens with one attached hydrogen (secondary N) is 4. The Morgan fingerprint density at radius 3 is 2.52 bits per heavy atom. The number of aliphatic imine (C=N–C) groups is 1. The Bertz CT molecular complexity index is 1040. The van der Waals surface area contributed by atoms with Crippen LogP contribution >= 0.6 is 12.2 Å². The summed E-state index contributed by atoms with van der Waals surface area (Å²) < 4.78 is 5.45. The van der Waals surface area contributed by atoms with Gasteiger partial charge in [-0.2, -0.15) is 0 Å². The van der Waals surface area contributed by atoms with E-state index in [0.29, 0.717) is 23.9 Å². The van der Waals surface area contributed by atoms with Gasteiger partial charge in [-0.05, 0) is 60.7 Å². The van der Waals surface area contributed by atoms with Crippen molar-refractivity contribution in [2.24, 2.45) is 4.99 Å². The molecular formula is C22H23N7OS. The summed E-state index contributed by atoms with van der Waals surface area (Å²) >= 11 is 5.34. The van der Waals surface area contributed by atoms with E-state index >= 15 is 0 Å². The molecule has 1 aliphatic rings. The normalized spacial score (nSPS) is 14.2. The molecule has 4 rings (SSSR count). The first-order valence-electron chi connectivity index (χ1n) is 9.91. The lowest BCUT2D eigenvalue weighted by Gasteiger charge is -2.29. The summed E-state index contributed by atoms with van der Waals surface area (Å²) in [6, 6.07) is 15.1. The molecule has 0 amide bonds. The molecule has 0 aliphatic carbocycles. The van der Waals surface area contributed by atoms with E-state index in [1.807, 2.05) is 54.7 Å². The smallest absolute Gasteiger partial charge is 0.175 e. The summed E-state index contributed by atoms with van der Waals surface area (Å²) in [6.45, 7) is 2.80. The average Bonchev–Trinajstić information content (AvgIpc) is 3.33. The number of aromatic amines is 1. The minimum absolute atomic E-state index is 0.193. The zero-order chi connectivity index (χ0) is 21.5. The molecule has 0 saturated carbocycles. The Morgan fingerprint density at radius 2 is 1.84 bits per heavy atom. The Kier molecular flexibility index (Phi) is 6.65. The van der Waals surface area contributed by atoms with Crippen LogP contribution in [0, 0.1) is 5.41 Å². The molecule has 0 unspecified atom stereocenters. The van der Waals surface area contributed by atoms with Crippen molar-refractivity contribution in [1.82, 2.24) is 14.9 Å². The number of hydrogen-bond donors (Lipinski definition) is 4. The van der Waals surface area contributed by atoms with Crippen LogP contribution in [0.15, 0.2) is 72.1 Å². The highest BCUT2D eigenvalue weighted by Gasteiger charge is 2.18. The number of hydrogen-bond acceptors (Lipinski definition) is 4. The molecule has 0 atom stereocenters. The Hall–Kier alpha value is -3.56. The van der Waals surface area contributed by atoms with Crippen molar-refractivity contribution >= 4 is 40.4 Å². The minimum atomic E-state index is 0.193. The van der Waals surface area contributed by atoms with E-state index in [-0.39, 0.29) is 5.84 Å². The number of pyridine rings is 1. The van der Waals surface area contributed by atoms with Crippen molar-refractivity contribution in [2.75, 3.05) is 36.9 Å². The van der Waals surface area contributed by atoms with E-state index in [1.165, 1.54) is 0 Å². The fraction of sp³-hybridized carbons (Fsp3) is 0.182. The fourth-order valence-electron chi connectivity index (χ4n) is 3.16. The number of benzene rings is 1. The second-order valence-electron chi connectivity index (χ2n) is 6.87. The van der Waals surface area contributed by atoms with E-state index in [0.717, 1.165) is 36.0 Å². The number of nitrogens with zero attached hydrogens (tertiary/aromatic N) is 3. The Balaban J connectivity index is 1.44. The maximum Gasteiger partial charge on any atom is 0.175 e. The van der Waals surface area contributed by atoms with Crippen molar-refractivity contribution in [3.8, 4) is 0 Å². The summed E-state index contributed by atoms with van der Waals surface area (Å²) in [5, 5.41) is 15.2. The van der Waals surface area contributed by atoms with Gasteiger partial charge in [-0.15, -0.1) is 0 Å². The third-order valence-electron chi connectivity index (χ3n) is 4.70. The predicted molar refractivity (Wildman–Crippen MR) is 127 cm³/mol. The van der Waals surface area contributed by atoms with Gasteiger partial charge >= 0.3 is 0 Å². The maximum absolute atomic E-state index is 8.52. The first-order chi connectivity index (χ1) is 15.2. The summed E-state index contributed by atoms with van der Waals surface area (Å²) in [4.78, 5) is 14.0. The summed E-state index contributed by atoms with van der Waals surface area (Å²) in [5.41, 5.74) is 3.23. The van der Waals surface area contributed by atoms with Gasteiger partial charge in [-0.3, -0.25) is 10.4 Å². The molecule has 1 saturated heterocycles.